The van der Waals surface area contributed by atoms with Gasteiger partial charge in [-0.05, 0) is 25.5 Å². The van der Waals surface area contributed by atoms with Crippen LogP contribution in [-0.4, -0.2) is 26.3 Å². The van der Waals surface area contributed by atoms with E-state index in [9.17, 15) is 0 Å². The Balaban J connectivity index is 2.47. The lowest BCUT2D eigenvalue weighted by Gasteiger charge is -2.07. The van der Waals surface area contributed by atoms with Crippen molar-refractivity contribution in [1.82, 2.24) is 19.7 Å². The van der Waals surface area contributed by atoms with Crippen molar-refractivity contribution in [2.45, 2.75) is 13.8 Å². The van der Waals surface area contributed by atoms with Crippen LogP contribution in [-0.2, 0) is 7.05 Å². The molecule has 0 aliphatic carbocycles. The van der Waals surface area contributed by atoms with Crippen molar-refractivity contribution in [3.63, 3.8) is 0 Å². The van der Waals surface area contributed by atoms with Crippen LogP contribution >= 0.6 is 0 Å². The van der Waals surface area contributed by atoms with Crippen LogP contribution in [0.3, 0.4) is 0 Å². The maximum atomic E-state index is 4.48. The summed E-state index contributed by atoms with van der Waals surface area (Å²) in [5, 5.41) is 7.25. The molecule has 0 aliphatic heterocycles. The second kappa shape index (κ2) is 4.30. The summed E-state index contributed by atoms with van der Waals surface area (Å²) in [6.45, 7) is 4.83. The molecule has 0 bridgehead atoms. The summed E-state index contributed by atoms with van der Waals surface area (Å²) < 4.78 is 1.81. The van der Waals surface area contributed by atoms with Crippen molar-refractivity contribution in [3.05, 3.63) is 24.0 Å². The van der Waals surface area contributed by atoms with Gasteiger partial charge in [-0.15, -0.1) is 0 Å². The van der Waals surface area contributed by atoms with Crippen molar-refractivity contribution in [2.75, 3.05) is 11.9 Å². The molecule has 0 saturated heterocycles. The van der Waals surface area contributed by atoms with Gasteiger partial charge < -0.3 is 5.32 Å². The summed E-state index contributed by atoms with van der Waals surface area (Å²) in [5.74, 6) is 0.657. The maximum absolute atomic E-state index is 4.48. The van der Waals surface area contributed by atoms with Gasteiger partial charge in [0.2, 0.25) is 5.95 Å². The largest absolute Gasteiger partial charge is 0.354 e. The van der Waals surface area contributed by atoms with E-state index < -0.39 is 0 Å². The van der Waals surface area contributed by atoms with Crippen LogP contribution in [0.25, 0.3) is 11.4 Å². The Bertz CT molecular complexity index is 489. The quantitative estimate of drug-likeness (QED) is 0.848. The number of aryl methyl sites for hydroxylation is 2. The van der Waals surface area contributed by atoms with Gasteiger partial charge in [-0.2, -0.15) is 5.10 Å². The highest BCUT2D eigenvalue weighted by Crippen LogP contribution is 2.20. The molecule has 2 aromatic rings. The molecule has 2 heterocycles. The van der Waals surface area contributed by atoms with Gasteiger partial charge in [0.05, 0.1) is 11.4 Å². The zero-order valence-electron chi connectivity index (χ0n) is 9.73. The van der Waals surface area contributed by atoms with E-state index in [2.05, 4.69) is 20.4 Å². The predicted octanol–water partition coefficient (Wildman–Crippen LogP) is 1.62. The van der Waals surface area contributed by atoms with E-state index in [1.165, 1.54) is 0 Å². The number of nitrogens with zero attached hydrogens (tertiary/aromatic N) is 4. The summed E-state index contributed by atoms with van der Waals surface area (Å²) in [7, 11) is 1.91. The van der Waals surface area contributed by atoms with Gasteiger partial charge in [-0.3, -0.25) is 4.68 Å². The topological polar surface area (TPSA) is 55.6 Å². The molecule has 84 valence electrons. The minimum atomic E-state index is 0.657. The van der Waals surface area contributed by atoms with Gasteiger partial charge in [-0.1, -0.05) is 0 Å². The van der Waals surface area contributed by atoms with E-state index >= 15 is 0 Å². The summed E-state index contributed by atoms with van der Waals surface area (Å²) in [5.41, 5.74) is 2.97. The van der Waals surface area contributed by atoms with E-state index in [1.54, 1.807) is 6.20 Å². The van der Waals surface area contributed by atoms with E-state index in [0.29, 0.717) is 5.95 Å². The second-order valence-electron chi connectivity index (χ2n) is 3.60. The average molecular weight is 217 g/mol. The number of rotatable bonds is 3. The highest BCUT2D eigenvalue weighted by atomic mass is 15.3. The molecule has 0 radical (unpaired) electrons. The first-order chi connectivity index (χ1) is 7.72. The maximum Gasteiger partial charge on any atom is 0.223 e. The van der Waals surface area contributed by atoms with Crippen molar-refractivity contribution in [1.29, 1.82) is 0 Å². The second-order valence-corrected chi connectivity index (χ2v) is 3.60. The van der Waals surface area contributed by atoms with Gasteiger partial charge in [-0.25, -0.2) is 9.97 Å². The lowest BCUT2D eigenvalue weighted by Crippen LogP contribution is -2.05. The third-order valence-corrected chi connectivity index (χ3v) is 2.37. The normalized spacial score (nSPS) is 10.4. The Labute approximate surface area is 94.5 Å². The molecule has 0 amide bonds. The first-order valence-electron chi connectivity index (χ1n) is 5.28. The van der Waals surface area contributed by atoms with Crippen LogP contribution in [0.2, 0.25) is 0 Å². The molecule has 0 spiro atoms. The zero-order valence-corrected chi connectivity index (χ0v) is 9.73. The first-order valence-corrected chi connectivity index (χ1v) is 5.28. The Morgan fingerprint density at radius 2 is 2.25 bits per heavy atom. The van der Waals surface area contributed by atoms with Crippen molar-refractivity contribution < 1.29 is 0 Å². The van der Waals surface area contributed by atoms with Crippen LogP contribution in [0.15, 0.2) is 18.5 Å². The first kappa shape index (κ1) is 10.6. The summed E-state index contributed by atoms with van der Waals surface area (Å²) in [4.78, 5) is 8.70. The molecule has 16 heavy (non-hydrogen) atoms. The minimum absolute atomic E-state index is 0.657. The smallest absolute Gasteiger partial charge is 0.223 e. The predicted molar refractivity (Wildman–Crippen MR) is 63.1 cm³/mol. The van der Waals surface area contributed by atoms with Crippen molar-refractivity contribution in [2.24, 2.45) is 7.05 Å². The van der Waals surface area contributed by atoms with Crippen LogP contribution in [0, 0.1) is 6.92 Å². The molecule has 0 fully saturated rings. The zero-order chi connectivity index (χ0) is 11.5. The number of hydrogen-bond acceptors (Lipinski definition) is 4. The van der Waals surface area contributed by atoms with Gasteiger partial charge >= 0.3 is 0 Å². The minimum Gasteiger partial charge on any atom is -0.354 e. The van der Waals surface area contributed by atoms with Gasteiger partial charge in [0.15, 0.2) is 0 Å². The van der Waals surface area contributed by atoms with Crippen LogP contribution < -0.4 is 5.32 Å². The molecule has 2 rings (SSSR count). The fourth-order valence-electron chi connectivity index (χ4n) is 1.55. The number of nitrogens with one attached hydrogen (secondary N) is 1. The molecule has 1 N–H and O–H groups in total. The fraction of sp³-hybridized carbons (Fsp3) is 0.364. The lowest BCUT2D eigenvalue weighted by atomic mass is 10.2. The summed E-state index contributed by atoms with van der Waals surface area (Å²) in [6, 6.07) is 1.95. The molecule has 0 saturated carbocycles. The molecular formula is C11H15N5. The highest BCUT2D eigenvalue weighted by Gasteiger charge is 2.09. The standard InChI is InChI=1S/C11H15N5/c1-4-12-11-13-7-8(2)10(15-11)9-5-6-14-16(9)3/h5-7H,4H2,1-3H3,(H,12,13,15). The summed E-state index contributed by atoms with van der Waals surface area (Å²) in [6.07, 6.45) is 3.59. The number of anilines is 1. The van der Waals surface area contributed by atoms with Gasteiger partial charge in [0, 0.05) is 26.0 Å². The molecule has 2 aromatic heterocycles. The molecule has 5 nitrogen and oxygen atoms in total. The fourth-order valence-corrected chi connectivity index (χ4v) is 1.55. The van der Waals surface area contributed by atoms with Crippen molar-refractivity contribution >= 4 is 5.95 Å². The Hall–Kier alpha value is -1.91. The third kappa shape index (κ3) is 1.88. The van der Waals surface area contributed by atoms with Crippen LogP contribution in [0.4, 0.5) is 5.95 Å². The average Bonchev–Trinajstić information content (AvgIpc) is 2.68. The summed E-state index contributed by atoms with van der Waals surface area (Å²) >= 11 is 0. The van der Waals surface area contributed by atoms with Crippen LogP contribution in [0.1, 0.15) is 12.5 Å². The third-order valence-electron chi connectivity index (χ3n) is 2.37. The molecule has 0 unspecified atom stereocenters. The Morgan fingerprint density at radius 1 is 1.44 bits per heavy atom. The monoisotopic (exact) mass is 217 g/mol. The SMILES string of the molecule is CCNc1ncc(C)c(-c2ccnn2C)n1. The van der Waals surface area contributed by atoms with E-state index in [0.717, 1.165) is 23.5 Å². The molecule has 0 aliphatic rings. The number of hydrogen-bond donors (Lipinski definition) is 1. The highest BCUT2D eigenvalue weighted by molar-refractivity contribution is 5.59. The molecule has 0 atom stereocenters. The Kier molecular flexibility index (Phi) is 2.85. The number of aromatic nitrogens is 4. The van der Waals surface area contributed by atoms with E-state index in [-0.39, 0.29) is 0 Å². The molecule has 5 heteroatoms. The van der Waals surface area contributed by atoms with Crippen molar-refractivity contribution in [3.8, 4) is 11.4 Å². The van der Waals surface area contributed by atoms with Gasteiger partial charge in [0.1, 0.15) is 0 Å². The van der Waals surface area contributed by atoms with Crippen LogP contribution in [0.5, 0.6) is 0 Å². The molecular weight excluding hydrogens is 202 g/mol. The lowest BCUT2D eigenvalue weighted by molar-refractivity contribution is 0.772. The van der Waals surface area contributed by atoms with Gasteiger partial charge in [0.25, 0.3) is 0 Å². The Morgan fingerprint density at radius 3 is 2.88 bits per heavy atom. The van der Waals surface area contributed by atoms with E-state index in [1.807, 2.05) is 37.8 Å². The molecule has 0 aromatic carbocycles. The van der Waals surface area contributed by atoms with E-state index in [4.69, 9.17) is 0 Å².